The third kappa shape index (κ3) is 4.56. The molecule has 0 fully saturated rings. The zero-order chi connectivity index (χ0) is 12.0. The van der Waals surface area contributed by atoms with Crippen LogP contribution in [0.5, 0.6) is 0 Å². The minimum atomic E-state index is -1.11. The van der Waals surface area contributed by atoms with Gasteiger partial charge in [0.1, 0.15) is 24.7 Å². The molecule has 0 unspecified atom stereocenters. The van der Waals surface area contributed by atoms with Crippen molar-refractivity contribution < 1.29 is 24.0 Å². The van der Waals surface area contributed by atoms with Gasteiger partial charge in [-0.3, -0.25) is 4.79 Å². The Kier molecular flexibility index (Phi) is 4.46. The lowest BCUT2D eigenvalue weighted by atomic mass is 10.4. The summed E-state index contributed by atoms with van der Waals surface area (Å²) >= 11 is 0. The van der Waals surface area contributed by atoms with Crippen molar-refractivity contribution in [3.05, 3.63) is 17.5 Å². The molecular weight excluding hydrogens is 216 g/mol. The van der Waals surface area contributed by atoms with Gasteiger partial charge in [0, 0.05) is 6.07 Å². The number of aromatic nitrogens is 1. The highest BCUT2D eigenvalue weighted by Crippen LogP contribution is 2.00. The van der Waals surface area contributed by atoms with E-state index >= 15 is 0 Å². The van der Waals surface area contributed by atoms with E-state index in [2.05, 4.69) is 15.2 Å². The van der Waals surface area contributed by atoms with Crippen molar-refractivity contribution in [2.75, 3.05) is 13.2 Å². The number of nitrogens with zero attached hydrogens (tertiary/aromatic N) is 1. The summed E-state index contributed by atoms with van der Waals surface area (Å²) in [5.74, 6) is -0.854. The predicted molar refractivity (Wildman–Crippen MR) is 51.5 cm³/mol. The Hall–Kier alpha value is -1.89. The minimum Gasteiger partial charge on any atom is -0.480 e. The summed E-state index contributed by atoms with van der Waals surface area (Å²) in [7, 11) is 0. The number of hydrogen-bond acceptors (Lipinski definition) is 5. The number of aliphatic carboxylic acids is 1. The Morgan fingerprint density at radius 1 is 1.56 bits per heavy atom. The molecule has 88 valence electrons. The number of hydrogen-bond donors (Lipinski definition) is 2. The smallest absolute Gasteiger partial charge is 0.329 e. The van der Waals surface area contributed by atoms with Crippen LogP contribution in [-0.2, 0) is 20.9 Å². The highest BCUT2D eigenvalue weighted by Gasteiger charge is 2.05. The first-order valence-electron chi connectivity index (χ1n) is 4.56. The highest BCUT2D eigenvalue weighted by atomic mass is 16.5. The van der Waals surface area contributed by atoms with E-state index in [4.69, 9.17) is 9.63 Å². The van der Waals surface area contributed by atoms with Gasteiger partial charge in [-0.15, -0.1) is 0 Å². The fraction of sp³-hybridized carbons (Fsp3) is 0.444. The summed E-state index contributed by atoms with van der Waals surface area (Å²) in [6.45, 7) is 1.19. The van der Waals surface area contributed by atoms with Crippen molar-refractivity contribution in [3.63, 3.8) is 0 Å². The van der Waals surface area contributed by atoms with Gasteiger partial charge in [-0.05, 0) is 6.92 Å². The summed E-state index contributed by atoms with van der Waals surface area (Å²) in [5.41, 5.74) is 0.601. The molecule has 0 saturated heterocycles. The van der Waals surface area contributed by atoms with Gasteiger partial charge in [0.25, 0.3) is 0 Å². The summed E-state index contributed by atoms with van der Waals surface area (Å²) in [6, 6.07) is 1.69. The molecule has 7 nitrogen and oxygen atoms in total. The van der Waals surface area contributed by atoms with Crippen LogP contribution in [0.25, 0.3) is 0 Å². The van der Waals surface area contributed by atoms with Gasteiger partial charge in [0.15, 0.2) is 0 Å². The average Bonchev–Trinajstić information content (AvgIpc) is 2.61. The lowest BCUT2D eigenvalue weighted by molar-refractivity contribution is -0.143. The van der Waals surface area contributed by atoms with E-state index in [1.54, 1.807) is 13.0 Å². The van der Waals surface area contributed by atoms with E-state index in [0.29, 0.717) is 11.5 Å². The number of carboxylic acid groups (broad SMARTS) is 1. The van der Waals surface area contributed by atoms with E-state index in [9.17, 15) is 9.59 Å². The fourth-order valence-electron chi connectivity index (χ4n) is 0.972. The standard InChI is InChI=1S/C9H12N2O5/c1-6-2-7(11-16-6)3-10-8(12)4-15-5-9(13)14/h2H,3-5H2,1H3,(H,10,12)(H,13,14). The van der Waals surface area contributed by atoms with Crippen LogP contribution in [0.1, 0.15) is 11.5 Å². The van der Waals surface area contributed by atoms with E-state index in [-0.39, 0.29) is 13.2 Å². The van der Waals surface area contributed by atoms with Crippen molar-refractivity contribution in [1.29, 1.82) is 0 Å². The van der Waals surface area contributed by atoms with E-state index in [1.165, 1.54) is 0 Å². The topological polar surface area (TPSA) is 102 Å². The Bertz CT molecular complexity index is 374. The molecule has 0 saturated carbocycles. The Balaban J connectivity index is 2.17. The van der Waals surface area contributed by atoms with Crippen LogP contribution in [0.4, 0.5) is 0 Å². The monoisotopic (exact) mass is 228 g/mol. The molecular formula is C9H12N2O5. The molecule has 1 aromatic rings. The molecule has 0 aliphatic heterocycles. The maximum atomic E-state index is 11.1. The molecule has 0 radical (unpaired) electrons. The highest BCUT2D eigenvalue weighted by molar-refractivity contribution is 5.77. The molecule has 1 heterocycles. The fourth-order valence-corrected chi connectivity index (χ4v) is 0.972. The molecule has 1 aromatic heterocycles. The number of aryl methyl sites for hydroxylation is 1. The number of amides is 1. The average molecular weight is 228 g/mol. The van der Waals surface area contributed by atoms with Crippen LogP contribution in [0.3, 0.4) is 0 Å². The summed E-state index contributed by atoms with van der Waals surface area (Å²) in [5, 5.41) is 14.4. The maximum absolute atomic E-state index is 11.1. The van der Waals surface area contributed by atoms with Crippen molar-refractivity contribution >= 4 is 11.9 Å². The van der Waals surface area contributed by atoms with Crippen LogP contribution < -0.4 is 5.32 Å². The molecule has 1 amide bonds. The van der Waals surface area contributed by atoms with E-state index < -0.39 is 18.5 Å². The van der Waals surface area contributed by atoms with Crippen molar-refractivity contribution in [1.82, 2.24) is 10.5 Å². The van der Waals surface area contributed by atoms with Gasteiger partial charge < -0.3 is 19.7 Å². The number of ether oxygens (including phenoxy) is 1. The molecule has 0 bridgehead atoms. The minimum absolute atomic E-state index is 0.229. The van der Waals surface area contributed by atoms with E-state index in [1.807, 2.05) is 0 Å². The summed E-state index contributed by atoms with van der Waals surface area (Å²) < 4.78 is 9.39. The summed E-state index contributed by atoms with van der Waals surface area (Å²) in [6.07, 6.45) is 0. The van der Waals surface area contributed by atoms with Gasteiger partial charge in [0.05, 0.1) is 6.54 Å². The zero-order valence-corrected chi connectivity index (χ0v) is 8.73. The third-order valence-corrected chi connectivity index (χ3v) is 1.60. The molecule has 0 aliphatic carbocycles. The Morgan fingerprint density at radius 2 is 2.31 bits per heavy atom. The Morgan fingerprint density at radius 3 is 2.88 bits per heavy atom. The normalized spacial score (nSPS) is 10.1. The van der Waals surface area contributed by atoms with Crippen molar-refractivity contribution in [2.45, 2.75) is 13.5 Å². The largest absolute Gasteiger partial charge is 0.480 e. The van der Waals surface area contributed by atoms with Crippen LogP contribution in [0, 0.1) is 6.92 Å². The lowest BCUT2D eigenvalue weighted by Crippen LogP contribution is -2.28. The molecule has 0 aliphatic rings. The predicted octanol–water partition coefficient (Wildman–Crippen LogP) is -0.300. The third-order valence-electron chi connectivity index (χ3n) is 1.60. The number of carboxylic acids is 1. The number of carbonyl (C=O) groups excluding carboxylic acids is 1. The molecule has 0 atom stereocenters. The summed E-state index contributed by atoms with van der Waals surface area (Å²) in [4.78, 5) is 21.2. The maximum Gasteiger partial charge on any atom is 0.329 e. The quantitative estimate of drug-likeness (QED) is 0.693. The molecule has 7 heteroatoms. The number of rotatable bonds is 6. The van der Waals surface area contributed by atoms with Crippen molar-refractivity contribution in [2.24, 2.45) is 0 Å². The van der Waals surface area contributed by atoms with Crippen LogP contribution in [-0.4, -0.2) is 35.4 Å². The van der Waals surface area contributed by atoms with Gasteiger partial charge in [-0.2, -0.15) is 0 Å². The van der Waals surface area contributed by atoms with Crippen LogP contribution >= 0.6 is 0 Å². The molecule has 16 heavy (non-hydrogen) atoms. The van der Waals surface area contributed by atoms with Gasteiger partial charge in [-0.1, -0.05) is 5.16 Å². The SMILES string of the molecule is Cc1cc(CNC(=O)COCC(=O)O)no1. The first-order chi connectivity index (χ1) is 7.58. The van der Waals surface area contributed by atoms with Gasteiger partial charge >= 0.3 is 5.97 Å². The molecule has 1 rings (SSSR count). The second kappa shape index (κ2) is 5.86. The van der Waals surface area contributed by atoms with Crippen LogP contribution in [0.2, 0.25) is 0 Å². The van der Waals surface area contributed by atoms with Gasteiger partial charge in [0.2, 0.25) is 5.91 Å². The van der Waals surface area contributed by atoms with Crippen LogP contribution in [0.15, 0.2) is 10.6 Å². The molecule has 0 spiro atoms. The first kappa shape index (κ1) is 12.2. The Labute approximate surface area is 91.4 Å². The first-order valence-corrected chi connectivity index (χ1v) is 4.56. The second-order valence-corrected chi connectivity index (χ2v) is 3.09. The second-order valence-electron chi connectivity index (χ2n) is 3.09. The number of carbonyl (C=O) groups is 2. The van der Waals surface area contributed by atoms with E-state index in [0.717, 1.165) is 0 Å². The molecule has 2 N–H and O–H groups in total. The van der Waals surface area contributed by atoms with Crippen molar-refractivity contribution in [3.8, 4) is 0 Å². The lowest BCUT2D eigenvalue weighted by Gasteiger charge is -2.02. The van der Waals surface area contributed by atoms with Gasteiger partial charge in [-0.25, -0.2) is 4.79 Å². The number of nitrogens with one attached hydrogen (secondary N) is 1. The molecule has 0 aromatic carbocycles. The zero-order valence-electron chi connectivity index (χ0n) is 8.73.